The van der Waals surface area contributed by atoms with Crippen molar-refractivity contribution < 1.29 is 14.2 Å². The van der Waals surface area contributed by atoms with Crippen molar-refractivity contribution in [1.82, 2.24) is 9.78 Å². The molecule has 1 heterocycles. The molecular weight excluding hydrogens is 327 g/mol. The van der Waals surface area contributed by atoms with E-state index in [2.05, 4.69) is 21.0 Å². The fraction of sp³-hybridized carbons (Fsp3) is 0.357. The van der Waals surface area contributed by atoms with Gasteiger partial charge >= 0.3 is 0 Å². The van der Waals surface area contributed by atoms with E-state index >= 15 is 0 Å². The van der Waals surface area contributed by atoms with Crippen molar-refractivity contribution in [3.05, 3.63) is 45.4 Å². The maximum Gasteiger partial charge on any atom is 0.165 e. The fourth-order valence-corrected chi connectivity index (χ4v) is 2.58. The number of hydrogen-bond acceptors (Lipinski definition) is 3. The molecule has 1 aromatic heterocycles. The van der Waals surface area contributed by atoms with Gasteiger partial charge < -0.3 is 9.84 Å². The number of aromatic nitrogens is 2. The number of aliphatic hydroxyl groups excluding tert-OH is 1. The van der Waals surface area contributed by atoms with Crippen LogP contribution < -0.4 is 4.74 Å². The van der Waals surface area contributed by atoms with Gasteiger partial charge in [-0.1, -0.05) is 6.07 Å². The zero-order valence-corrected chi connectivity index (χ0v) is 13.1. The van der Waals surface area contributed by atoms with Crippen molar-refractivity contribution in [1.29, 1.82) is 0 Å². The van der Waals surface area contributed by atoms with E-state index < -0.39 is 11.9 Å². The van der Waals surface area contributed by atoms with E-state index in [1.54, 1.807) is 10.7 Å². The van der Waals surface area contributed by atoms with E-state index in [0.717, 1.165) is 15.9 Å². The molecule has 6 heteroatoms. The molecule has 4 nitrogen and oxygen atoms in total. The van der Waals surface area contributed by atoms with Crippen LogP contribution in [0.5, 0.6) is 5.75 Å². The molecule has 1 aromatic carbocycles. The molecule has 0 spiro atoms. The molecular formula is C14H16BrFN2O2. The van der Waals surface area contributed by atoms with E-state index in [1.165, 1.54) is 19.2 Å². The molecule has 0 aliphatic heterocycles. The van der Waals surface area contributed by atoms with Crippen LogP contribution in [0.4, 0.5) is 4.39 Å². The lowest BCUT2D eigenvalue weighted by Crippen LogP contribution is -2.07. The molecule has 0 aliphatic carbocycles. The lowest BCUT2D eigenvalue weighted by Gasteiger charge is -2.13. The van der Waals surface area contributed by atoms with Crippen molar-refractivity contribution in [2.45, 2.75) is 19.4 Å². The number of nitrogens with zero attached hydrogens (tertiary/aromatic N) is 2. The van der Waals surface area contributed by atoms with Gasteiger partial charge in [-0.05, 0) is 40.5 Å². The van der Waals surface area contributed by atoms with Gasteiger partial charge in [0.05, 0.1) is 29.1 Å². The van der Waals surface area contributed by atoms with Gasteiger partial charge in [0.25, 0.3) is 0 Å². The summed E-state index contributed by atoms with van der Waals surface area (Å²) in [5, 5.41) is 14.6. The third-order valence-electron chi connectivity index (χ3n) is 3.21. The number of halogens is 2. The summed E-state index contributed by atoms with van der Waals surface area (Å²) in [7, 11) is 3.22. The largest absolute Gasteiger partial charge is 0.494 e. The van der Waals surface area contributed by atoms with Crippen molar-refractivity contribution in [3.8, 4) is 5.75 Å². The smallest absolute Gasteiger partial charge is 0.165 e. The summed E-state index contributed by atoms with van der Waals surface area (Å²) >= 11 is 3.46. The number of hydrogen-bond donors (Lipinski definition) is 1. The maximum absolute atomic E-state index is 13.4. The Hall–Kier alpha value is -1.40. The van der Waals surface area contributed by atoms with E-state index in [4.69, 9.17) is 4.74 Å². The molecule has 20 heavy (non-hydrogen) atoms. The highest BCUT2D eigenvalue weighted by atomic mass is 79.9. The predicted molar refractivity (Wildman–Crippen MR) is 77.3 cm³/mol. The summed E-state index contributed by atoms with van der Waals surface area (Å²) in [5.41, 5.74) is 2.36. The van der Waals surface area contributed by atoms with E-state index in [0.29, 0.717) is 12.0 Å². The number of benzene rings is 1. The van der Waals surface area contributed by atoms with Gasteiger partial charge in [-0.2, -0.15) is 5.10 Å². The van der Waals surface area contributed by atoms with Crippen molar-refractivity contribution in [2.24, 2.45) is 7.05 Å². The van der Waals surface area contributed by atoms with Gasteiger partial charge in [0.15, 0.2) is 11.6 Å². The summed E-state index contributed by atoms with van der Waals surface area (Å²) < 4.78 is 20.9. The lowest BCUT2D eigenvalue weighted by molar-refractivity contribution is 0.175. The second-order valence-corrected chi connectivity index (χ2v) is 5.38. The first kappa shape index (κ1) is 15.0. The quantitative estimate of drug-likeness (QED) is 0.929. The van der Waals surface area contributed by atoms with Crippen molar-refractivity contribution in [2.75, 3.05) is 7.11 Å². The normalized spacial score (nSPS) is 12.5. The Kier molecular flexibility index (Phi) is 4.45. The molecule has 108 valence electrons. The first-order valence-electron chi connectivity index (χ1n) is 6.13. The minimum Gasteiger partial charge on any atom is -0.494 e. The van der Waals surface area contributed by atoms with Crippen LogP contribution in [0.2, 0.25) is 0 Å². The van der Waals surface area contributed by atoms with Gasteiger partial charge in [0.2, 0.25) is 0 Å². The molecule has 0 saturated carbocycles. The number of ether oxygens (including phenoxy) is 1. The molecule has 0 bridgehead atoms. The summed E-state index contributed by atoms with van der Waals surface area (Å²) in [6.45, 7) is 1.89. The Bertz CT molecular complexity index is 628. The fourth-order valence-electron chi connectivity index (χ4n) is 2.09. The monoisotopic (exact) mass is 342 g/mol. The molecule has 2 aromatic rings. The van der Waals surface area contributed by atoms with Gasteiger partial charge in [0.1, 0.15) is 0 Å². The second-order valence-electron chi connectivity index (χ2n) is 4.58. The third-order valence-corrected chi connectivity index (χ3v) is 4.24. The molecule has 1 atom stereocenters. The van der Waals surface area contributed by atoms with Crippen LogP contribution >= 0.6 is 15.9 Å². The minimum atomic E-state index is -0.754. The number of aliphatic hydroxyl groups is 1. The van der Waals surface area contributed by atoms with Gasteiger partial charge in [-0.25, -0.2) is 4.39 Å². The SMILES string of the molecule is COc1cc(C(O)Cc2c(Br)c(C)nn2C)ccc1F. The Morgan fingerprint density at radius 3 is 2.75 bits per heavy atom. The minimum absolute atomic E-state index is 0.127. The maximum atomic E-state index is 13.4. The third kappa shape index (κ3) is 2.86. The molecule has 1 unspecified atom stereocenters. The molecule has 0 saturated heterocycles. The summed E-state index contributed by atoms with van der Waals surface area (Å²) in [6, 6.07) is 4.36. The Morgan fingerprint density at radius 2 is 2.20 bits per heavy atom. The van der Waals surface area contributed by atoms with Gasteiger partial charge in [0, 0.05) is 13.5 Å². The van der Waals surface area contributed by atoms with E-state index in [-0.39, 0.29) is 5.75 Å². The first-order valence-corrected chi connectivity index (χ1v) is 6.92. The Labute approximate surface area is 125 Å². The second kappa shape index (κ2) is 5.93. The van der Waals surface area contributed by atoms with Crippen LogP contribution in [0.1, 0.15) is 23.1 Å². The Morgan fingerprint density at radius 1 is 1.50 bits per heavy atom. The number of rotatable bonds is 4. The van der Waals surface area contributed by atoms with Crippen molar-refractivity contribution >= 4 is 15.9 Å². The van der Waals surface area contributed by atoms with Gasteiger partial charge in [-0.3, -0.25) is 4.68 Å². The van der Waals surface area contributed by atoms with E-state index in [1.807, 2.05) is 14.0 Å². The number of aryl methyl sites for hydroxylation is 2. The first-order chi connectivity index (χ1) is 9.43. The van der Waals surface area contributed by atoms with Crippen molar-refractivity contribution in [3.63, 3.8) is 0 Å². The highest BCUT2D eigenvalue weighted by molar-refractivity contribution is 9.10. The zero-order chi connectivity index (χ0) is 14.9. The lowest BCUT2D eigenvalue weighted by atomic mass is 10.0. The highest BCUT2D eigenvalue weighted by Gasteiger charge is 2.17. The molecule has 0 aliphatic rings. The van der Waals surface area contributed by atoms with Gasteiger partial charge in [-0.15, -0.1) is 0 Å². The van der Waals surface area contributed by atoms with Crippen LogP contribution in [0.25, 0.3) is 0 Å². The average molecular weight is 343 g/mol. The molecule has 1 N–H and O–H groups in total. The zero-order valence-electron chi connectivity index (χ0n) is 11.5. The Balaban J connectivity index is 2.26. The molecule has 0 radical (unpaired) electrons. The van der Waals surface area contributed by atoms with Crippen LogP contribution in [0.3, 0.4) is 0 Å². The molecule has 0 fully saturated rings. The molecule has 0 amide bonds. The van der Waals surface area contributed by atoms with Crippen LogP contribution in [0, 0.1) is 12.7 Å². The topological polar surface area (TPSA) is 47.3 Å². The number of methoxy groups -OCH3 is 1. The summed E-state index contributed by atoms with van der Waals surface area (Å²) in [4.78, 5) is 0. The molecule has 2 rings (SSSR count). The summed E-state index contributed by atoms with van der Waals surface area (Å²) in [6.07, 6.45) is -0.372. The highest BCUT2D eigenvalue weighted by Crippen LogP contribution is 2.28. The van der Waals surface area contributed by atoms with Crippen LogP contribution in [-0.2, 0) is 13.5 Å². The van der Waals surface area contributed by atoms with E-state index in [9.17, 15) is 9.50 Å². The summed E-state index contributed by atoms with van der Waals surface area (Å²) in [5.74, 6) is -0.317. The average Bonchev–Trinajstić information content (AvgIpc) is 2.66. The van der Waals surface area contributed by atoms with Crippen LogP contribution in [0.15, 0.2) is 22.7 Å². The predicted octanol–water partition coefficient (Wildman–Crippen LogP) is 2.91. The van der Waals surface area contributed by atoms with Crippen LogP contribution in [-0.4, -0.2) is 22.0 Å². The standard InChI is InChI=1S/C14H16BrFN2O2/c1-8-14(15)11(18(2)17-8)7-12(19)9-4-5-10(16)13(6-9)20-3/h4-6,12,19H,7H2,1-3H3.